The largest absolute Gasteiger partial charge is 0.478 e. The zero-order valence-corrected chi connectivity index (χ0v) is 19.9. The standard InChI is InChI=1S/C10H12FN3O4S.C9H9FO5S/c1-19(16,17)8-4-6(9(15)14-10(12)13)2-3-7(8)18-5-11;1-16(13,14)8-4-6(9(11)12)2-3-7(8)15-5-10/h2-4H,5H2,1H3,(H4,12,13,14,15);2-4H,5H2,1H3,(H,11,12). The van der Waals surface area contributed by atoms with Gasteiger partial charge in [0.25, 0.3) is 5.91 Å². The van der Waals surface area contributed by atoms with Gasteiger partial charge in [-0.05, 0) is 36.4 Å². The minimum atomic E-state index is -3.70. The summed E-state index contributed by atoms with van der Waals surface area (Å²) >= 11 is 0. The maximum absolute atomic E-state index is 12.1. The molecule has 35 heavy (non-hydrogen) atoms. The van der Waals surface area contributed by atoms with Crippen molar-refractivity contribution in [2.75, 3.05) is 26.2 Å². The first-order valence-electron chi connectivity index (χ1n) is 9.04. The van der Waals surface area contributed by atoms with E-state index >= 15 is 0 Å². The molecule has 0 atom stereocenters. The Balaban J connectivity index is 0.000000355. The van der Waals surface area contributed by atoms with Crippen LogP contribution >= 0.6 is 0 Å². The second kappa shape index (κ2) is 12.1. The van der Waals surface area contributed by atoms with Crippen LogP contribution in [0.15, 0.2) is 51.2 Å². The fourth-order valence-electron chi connectivity index (χ4n) is 2.40. The third kappa shape index (κ3) is 8.82. The number of carboxylic acid groups (broad SMARTS) is 1. The molecule has 0 aliphatic carbocycles. The number of aromatic carboxylic acids is 1. The number of carbonyl (C=O) groups is 2. The lowest BCUT2D eigenvalue weighted by Gasteiger charge is -2.08. The number of aliphatic imine (C=N–C) groups is 1. The monoisotopic (exact) mass is 537 g/mol. The Bertz CT molecular complexity index is 1340. The molecule has 16 heteroatoms. The zero-order chi connectivity index (χ0) is 27.0. The molecule has 2 aromatic rings. The van der Waals surface area contributed by atoms with E-state index in [0.717, 1.165) is 42.8 Å². The Kier molecular flexibility index (Phi) is 10.1. The van der Waals surface area contributed by atoms with Crippen LogP contribution in [0.1, 0.15) is 20.7 Å². The molecular formula is C19H21F2N3O9S2. The highest BCUT2D eigenvalue weighted by molar-refractivity contribution is 7.91. The fraction of sp³-hybridized carbons (Fsp3) is 0.211. The van der Waals surface area contributed by atoms with Crippen LogP contribution in [-0.2, 0) is 19.7 Å². The van der Waals surface area contributed by atoms with Gasteiger partial charge in [-0.15, -0.1) is 0 Å². The summed E-state index contributed by atoms with van der Waals surface area (Å²) in [6, 6.07) is 6.60. The molecule has 2 rings (SSSR count). The average Bonchev–Trinajstić information content (AvgIpc) is 2.73. The summed E-state index contributed by atoms with van der Waals surface area (Å²) in [5, 5.41) is 8.69. The molecule has 0 bridgehead atoms. The number of nitrogens with zero attached hydrogens (tertiary/aromatic N) is 1. The lowest BCUT2D eigenvalue weighted by atomic mass is 10.2. The summed E-state index contributed by atoms with van der Waals surface area (Å²) < 4.78 is 78.8. The van der Waals surface area contributed by atoms with Crippen LogP contribution in [0.2, 0.25) is 0 Å². The Morgan fingerprint density at radius 1 is 0.857 bits per heavy atom. The number of guanidine groups is 1. The van der Waals surface area contributed by atoms with E-state index in [4.69, 9.17) is 16.6 Å². The van der Waals surface area contributed by atoms with E-state index < -0.39 is 51.2 Å². The van der Waals surface area contributed by atoms with Crippen molar-refractivity contribution in [1.29, 1.82) is 0 Å². The van der Waals surface area contributed by atoms with Crippen LogP contribution in [0.5, 0.6) is 11.5 Å². The second-order valence-corrected chi connectivity index (χ2v) is 10.5. The number of amides is 1. The predicted octanol–water partition coefficient (Wildman–Crippen LogP) is 0.904. The molecule has 0 aliphatic rings. The van der Waals surface area contributed by atoms with Crippen molar-refractivity contribution in [3.63, 3.8) is 0 Å². The lowest BCUT2D eigenvalue weighted by Crippen LogP contribution is -2.24. The number of ether oxygens (including phenoxy) is 2. The highest BCUT2D eigenvalue weighted by Gasteiger charge is 2.19. The maximum atomic E-state index is 12.1. The summed E-state index contributed by atoms with van der Waals surface area (Å²) in [7, 11) is -7.36. The normalized spacial score (nSPS) is 11.0. The minimum Gasteiger partial charge on any atom is -0.478 e. The summed E-state index contributed by atoms with van der Waals surface area (Å²) in [5.41, 5.74) is 9.84. The number of sulfone groups is 2. The van der Waals surface area contributed by atoms with E-state index in [-0.39, 0.29) is 32.4 Å². The predicted molar refractivity (Wildman–Crippen MR) is 119 cm³/mol. The molecular weight excluding hydrogens is 516 g/mol. The molecule has 1 amide bonds. The molecule has 0 aromatic heterocycles. The Morgan fingerprint density at radius 3 is 1.60 bits per heavy atom. The van der Waals surface area contributed by atoms with E-state index in [1.165, 1.54) is 6.07 Å². The van der Waals surface area contributed by atoms with Crippen LogP contribution in [0.4, 0.5) is 8.78 Å². The molecule has 0 heterocycles. The summed E-state index contributed by atoms with van der Waals surface area (Å²) in [4.78, 5) is 24.8. The van der Waals surface area contributed by atoms with Gasteiger partial charge in [0.05, 0.1) is 5.56 Å². The number of halogens is 2. The Morgan fingerprint density at radius 2 is 1.26 bits per heavy atom. The smallest absolute Gasteiger partial charge is 0.335 e. The molecule has 0 saturated carbocycles. The number of alkyl halides is 2. The van der Waals surface area contributed by atoms with Crippen molar-refractivity contribution >= 4 is 37.5 Å². The second-order valence-electron chi connectivity index (χ2n) is 6.52. The number of carbonyl (C=O) groups excluding carboxylic acids is 1. The molecule has 192 valence electrons. The van der Waals surface area contributed by atoms with E-state index in [1.54, 1.807) is 0 Å². The maximum Gasteiger partial charge on any atom is 0.335 e. The summed E-state index contributed by atoms with van der Waals surface area (Å²) in [6.45, 7) is -2.38. The van der Waals surface area contributed by atoms with E-state index in [1.807, 2.05) is 0 Å². The number of benzene rings is 2. The SMILES string of the molecule is CS(=O)(=O)c1cc(C(=O)N=C(N)N)ccc1OCF.CS(=O)(=O)c1cc(C(=O)O)ccc1OCF. The van der Waals surface area contributed by atoms with Gasteiger partial charge in [0.1, 0.15) is 21.3 Å². The van der Waals surface area contributed by atoms with Crippen LogP contribution in [0.3, 0.4) is 0 Å². The van der Waals surface area contributed by atoms with E-state index in [9.17, 15) is 35.2 Å². The van der Waals surface area contributed by atoms with Crippen molar-refractivity contribution in [3.8, 4) is 11.5 Å². The highest BCUT2D eigenvalue weighted by Crippen LogP contribution is 2.26. The number of carboxylic acids is 1. The van der Waals surface area contributed by atoms with Crippen LogP contribution < -0.4 is 20.9 Å². The molecule has 0 unspecified atom stereocenters. The van der Waals surface area contributed by atoms with Gasteiger partial charge in [0.2, 0.25) is 13.7 Å². The van der Waals surface area contributed by atoms with Gasteiger partial charge in [-0.1, -0.05) is 0 Å². The number of hydrogen-bond donors (Lipinski definition) is 3. The van der Waals surface area contributed by atoms with Crippen molar-refractivity contribution in [3.05, 3.63) is 47.5 Å². The first kappa shape index (κ1) is 29.2. The molecule has 0 aliphatic heterocycles. The number of hydrogen-bond acceptors (Lipinski definition) is 8. The first-order valence-corrected chi connectivity index (χ1v) is 12.8. The average molecular weight is 538 g/mol. The third-order valence-electron chi connectivity index (χ3n) is 3.83. The molecule has 2 aromatic carbocycles. The molecule has 0 spiro atoms. The third-order valence-corrected chi connectivity index (χ3v) is 6.07. The lowest BCUT2D eigenvalue weighted by molar-refractivity contribution is 0.0696. The van der Waals surface area contributed by atoms with Crippen molar-refractivity contribution in [2.45, 2.75) is 9.79 Å². The molecule has 0 saturated heterocycles. The highest BCUT2D eigenvalue weighted by atomic mass is 32.2. The van der Waals surface area contributed by atoms with Gasteiger partial charge in [-0.2, -0.15) is 4.99 Å². The zero-order valence-electron chi connectivity index (χ0n) is 18.3. The van der Waals surface area contributed by atoms with Crippen molar-refractivity contribution in [2.24, 2.45) is 16.5 Å². The van der Waals surface area contributed by atoms with E-state index in [2.05, 4.69) is 14.5 Å². The molecule has 12 nitrogen and oxygen atoms in total. The molecule has 0 radical (unpaired) electrons. The van der Waals surface area contributed by atoms with Crippen LogP contribution in [0.25, 0.3) is 0 Å². The van der Waals surface area contributed by atoms with Crippen molar-refractivity contribution in [1.82, 2.24) is 0 Å². The topological polar surface area (TPSA) is 206 Å². The number of rotatable bonds is 8. The fourth-order valence-corrected chi connectivity index (χ4v) is 4.07. The van der Waals surface area contributed by atoms with Crippen molar-refractivity contribution < 1.29 is 49.8 Å². The summed E-state index contributed by atoms with van der Waals surface area (Å²) in [5.74, 6) is -2.91. The summed E-state index contributed by atoms with van der Waals surface area (Å²) in [6.07, 6.45) is 1.79. The van der Waals surface area contributed by atoms with Crippen LogP contribution in [-0.4, -0.2) is 66.0 Å². The molecule has 0 fully saturated rings. The van der Waals surface area contributed by atoms with Crippen LogP contribution in [0, 0.1) is 0 Å². The van der Waals surface area contributed by atoms with Gasteiger partial charge < -0.3 is 26.0 Å². The first-order chi connectivity index (χ1) is 16.1. The van der Waals surface area contributed by atoms with E-state index in [0.29, 0.717) is 0 Å². The van der Waals surface area contributed by atoms with Gasteiger partial charge in [-0.3, -0.25) is 4.79 Å². The number of nitrogens with two attached hydrogens (primary N) is 2. The van der Waals surface area contributed by atoms with Gasteiger partial charge in [-0.25, -0.2) is 30.4 Å². The Labute approximate surface area is 199 Å². The minimum absolute atomic E-state index is 0.0555. The quantitative estimate of drug-likeness (QED) is 0.318. The van der Waals surface area contributed by atoms with Gasteiger partial charge in [0.15, 0.2) is 25.6 Å². The van der Waals surface area contributed by atoms with Gasteiger partial charge in [0, 0.05) is 18.1 Å². The molecule has 5 N–H and O–H groups in total. The Hall–Kier alpha value is -3.79. The van der Waals surface area contributed by atoms with Gasteiger partial charge >= 0.3 is 5.97 Å².